The maximum Gasteiger partial charge on any atom is 0.305 e. The van der Waals surface area contributed by atoms with Gasteiger partial charge in [0.15, 0.2) is 5.76 Å². The van der Waals surface area contributed by atoms with E-state index in [1.807, 2.05) is 26.0 Å². The van der Waals surface area contributed by atoms with Crippen LogP contribution >= 0.6 is 0 Å². The molecule has 5 heteroatoms. The average Bonchev–Trinajstić information content (AvgIpc) is 3.06. The second-order valence-corrected chi connectivity index (χ2v) is 6.60. The van der Waals surface area contributed by atoms with Gasteiger partial charge in [-0.3, -0.25) is 9.59 Å². The molecule has 23 heavy (non-hydrogen) atoms. The Balaban J connectivity index is 1.86. The van der Waals surface area contributed by atoms with Gasteiger partial charge in [-0.15, -0.1) is 0 Å². The third-order valence-corrected chi connectivity index (χ3v) is 4.79. The summed E-state index contributed by atoms with van der Waals surface area (Å²) in [5.41, 5.74) is 2.28. The molecule has 1 aliphatic carbocycles. The van der Waals surface area contributed by atoms with Crippen LogP contribution in [0, 0.1) is 13.8 Å². The van der Waals surface area contributed by atoms with Gasteiger partial charge in [-0.05, 0) is 56.0 Å². The molecule has 5 nitrogen and oxygen atoms in total. The Morgan fingerprint density at radius 2 is 1.83 bits per heavy atom. The number of rotatable bonds is 4. The number of nitrogens with one attached hydrogen (secondary N) is 1. The summed E-state index contributed by atoms with van der Waals surface area (Å²) in [5, 5.41) is 12.9. The first-order valence-corrected chi connectivity index (χ1v) is 7.94. The number of carboxylic acid groups (broad SMARTS) is 1. The molecule has 1 saturated carbocycles. The summed E-state index contributed by atoms with van der Waals surface area (Å²) < 4.78 is 5.67. The molecule has 1 heterocycles. The Labute approximate surface area is 134 Å². The van der Waals surface area contributed by atoms with Gasteiger partial charge >= 0.3 is 5.97 Å². The molecule has 0 saturated heterocycles. The lowest BCUT2D eigenvalue weighted by molar-refractivity contribution is -0.138. The Kier molecular flexibility index (Phi) is 3.88. The van der Waals surface area contributed by atoms with Crippen molar-refractivity contribution in [1.29, 1.82) is 0 Å². The normalized spacial score (nSPS) is 16.6. The van der Waals surface area contributed by atoms with Crippen LogP contribution in [0.25, 0.3) is 11.0 Å². The smallest absolute Gasteiger partial charge is 0.305 e. The zero-order valence-electron chi connectivity index (χ0n) is 13.4. The van der Waals surface area contributed by atoms with Crippen LogP contribution in [0.5, 0.6) is 0 Å². The van der Waals surface area contributed by atoms with Gasteiger partial charge in [0.2, 0.25) is 0 Å². The number of amides is 1. The molecular formula is C18H21NO4. The molecule has 0 radical (unpaired) electrons. The first kappa shape index (κ1) is 15.6. The fourth-order valence-corrected chi connectivity index (χ4v) is 3.40. The van der Waals surface area contributed by atoms with Gasteiger partial charge in [0.1, 0.15) is 5.58 Å². The topological polar surface area (TPSA) is 79.5 Å². The predicted octanol–water partition coefficient (Wildman–Crippen LogP) is 3.57. The van der Waals surface area contributed by atoms with Gasteiger partial charge in [0.25, 0.3) is 5.91 Å². The summed E-state index contributed by atoms with van der Waals surface area (Å²) in [6.45, 7) is 4.01. The van der Waals surface area contributed by atoms with E-state index in [1.54, 1.807) is 6.07 Å². The highest BCUT2D eigenvalue weighted by atomic mass is 16.4. The molecule has 2 N–H and O–H groups in total. The molecule has 3 rings (SSSR count). The van der Waals surface area contributed by atoms with E-state index in [-0.39, 0.29) is 18.1 Å². The van der Waals surface area contributed by atoms with E-state index in [1.165, 1.54) is 0 Å². The molecule has 1 amide bonds. The van der Waals surface area contributed by atoms with Crippen molar-refractivity contribution in [3.05, 3.63) is 35.1 Å². The lowest BCUT2D eigenvalue weighted by atomic mass is 9.93. The highest BCUT2D eigenvalue weighted by Gasteiger charge is 2.38. The van der Waals surface area contributed by atoms with Crippen LogP contribution in [0.4, 0.5) is 0 Å². The first-order chi connectivity index (χ1) is 10.9. The zero-order chi connectivity index (χ0) is 16.6. The maximum absolute atomic E-state index is 12.5. The van der Waals surface area contributed by atoms with Crippen molar-refractivity contribution in [2.45, 2.75) is 51.5 Å². The molecule has 0 unspecified atom stereocenters. The van der Waals surface area contributed by atoms with Crippen molar-refractivity contribution < 1.29 is 19.1 Å². The van der Waals surface area contributed by atoms with E-state index in [4.69, 9.17) is 9.52 Å². The monoisotopic (exact) mass is 315 g/mol. The summed E-state index contributed by atoms with van der Waals surface area (Å²) in [5.74, 6) is -0.982. The van der Waals surface area contributed by atoms with Crippen molar-refractivity contribution in [2.75, 3.05) is 0 Å². The number of hydrogen-bond donors (Lipinski definition) is 2. The third-order valence-electron chi connectivity index (χ3n) is 4.79. The van der Waals surface area contributed by atoms with Crippen molar-refractivity contribution in [1.82, 2.24) is 5.32 Å². The van der Waals surface area contributed by atoms with E-state index >= 15 is 0 Å². The molecule has 0 atom stereocenters. The maximum atomic E-state index is 12.5. The van der Waals surface area contributed by atoms with Crippen LogP contribution in [-0.2, 0) is 4.79 Å². The number of carbonyl (C=O) groups is 2. The SMILES string of the molecule is Cc1cc2cc(C(=O)NC3(CC(=O)O)CCCC3)oc2cc1C. The lowest BCUT2D eigenvalue weighted by Crippen LogP contribution is -2.47. The summed E-state index contributed by atoms with van der Waals surface area (Å²) in [7, 11) is 0. The van der Waals surface area contributed by atoms with Crippen LogP contribution < -0.4 is 5.32 Å². The van der Waals surface area contributed by atoms with Crippen molar-refractivity contribution in [3.63, 3.8) is 0 Å². The number of furan rings is 1. The van der Waals surface area contributed by atoms with Crippen molar-refractivity contribution in [3.8, 4) is 0 Å². The molecule has 122 valence electrons. The standard InChI is InChI=1S/C18H21NO4/c1-11-7-13-9-15(23-14(13)8-12(11)2)17(22)19-18(10-16(20)21)5-3-4-6-18/h7-9H,3-6,10H2,1-2H3,(H,19,22)(H,20,21). The molecule has 1 aromatic heterocycles. The molecule has 1 fully saturated rings. The van der Waals surface area contributed by atoms with Crippen LogP contribution in [0.3, 0.4) is 0 Å². The predicted molar refractivity (Wildman–Crippen MR) is 86.6 cm³/mol. The number of hydrogen-bond acceptors (Lipinski definition) is 3. The van der Waals surface area contributed by atoms with Gasteiger partial charge in [-0.2, -0.15) is 0 Å². The molecule has 1 aromatic carbocycles. The van der Waals surface area contributed by atoms with E-state index < -0.39 is 11.5 Å². The third kappa shape index (κ3) is 3.09. The number of fused-ring (bicyclic) bond motifs is 1. The Morgan fingerprint density at radius 3 is 2.48 bits per heavy atom. The summed E-state index contributed by atoms with van der Waals surface area (Å²) in [6, 6.07) is 5.64. The van der Waals surface area contributed by atoms with Crippen LogP contribution in [0.1, 0.15) is 53.8 Å². The number of carboxylic acids is 1. The van der Waals surface area contributed by atoms with Gasteiger partial charge in [-0.1, -0.05) is 12.8 Å². The van der Waals surface area contributed by atoms with Gasteiger partial charge in [-0.25, -0.2) is 0 Å². The van der Waals surface area contributed by atoms with Crippen LogP contribution in [0.2, 0.25) is 0 Å². The highest BCUT2D eigenvalue weighted by molar-refractivity contribution is 5.97. The first-order valence-electron chi connectivity index (χ1n) is 7.94. The lowest BCUT2D eigenvalue weighted by Gasteiger charge is -2.28. The van der Waals surface area contributed by atoms with Gasteiger partial charge in [0, 0.05) is 5.39 Å². The van der Waals surface area contributed by atoms with E-state index in [0.717, 1.165) is 29.4 Å². The van der Waals surface area contributed by atoms with E-state index in [9.17, 15) is 9.59 Å². The van der Waals surface area contributed by atoms with E-state index in [0.29, 0.717) is 18.4 Å². The molecule has 1 aliphatic rings. The molecule has 0 spiro atoms. The Bertz CT molecular complexity index is 730. The van der Waals surface area contributed by atoms with Crippen molar-refractivity contribution in [2.24, 2.45) is 0 Å². The fraction of sp³-hybridized carbons (Fsp3) is 0.444. The molecular weight excluding hydrogens is 294 g/mol. The number of benzene rings is 1. The van der Waals surface area contributed by atoms with E-state index in [2.05, 4.69) is 5.32 Å². The Morgan fingerprint density at radius 1 is 1.17 bits per heavy atom. The van der Waals surface area contributed by atoms with Gasteiger partial charge < -0.3 is 14.8 Å². The highest BCUT2D eigenvalue weighted by Crippen LogP contribution is 2.33. The minimum Gasteiger partial charge on any atom is -0.481 e. The molecule has 0 aliphatic heterocycles. The van der Waals surface area contributed by atoms with Gasteiger partial charge in [0.05, 0.1) is 12.0 Å². The van der Waals surface area contributed by atoms with Crippen molar-refractivity contribution >= 4 is 22.8 Å². The number of carbonyl (C=O) groups excluding carboxylic acids is 1. The second kappa shape index (κ2) is 5.72. The van der Waals surface area contributed by atoms with Crippen LogP contribution in [-0.4, -0.2) is 22.5 Å². The van der Waals surface area contributed by atoms with Crippen LogP contribution in [0.15, 0.2) is 22.6 Å². The number of aliphatic carboxylic acids is 1. The largest absolute Gasteiger partial charge is 0.481 e. The quantitative estimate of drug-likeness (QED) is 0.904. The average molecular weight is 315 g/mol. The fourth-order valence-electron chi connectivity index (χ4n) is 3.40. The summed E-state index contributed by atoms with van der Waals surface area (Å²) in [6.07, 6.45) is 3.22. The summed E-state index contributed by atoms with van der Waals surface area (Å²) >= 11 is 0. The molecule has 2 aromatic rings. The second-order valence-electron chi connectivity index (χ2n) is 6.60. The number of aryl methyl sites for hydroxylation is 2. The molecule has 0 bridgehead atoms. The minimum absolute atomic E-state index is 0.0445. The summed E-state index contributed by atoms with van der Waals surface area (Å²) in [4.78, 5) is 23.6. The minimum atomic E-state index is -0.886. The Hall–Kier alpha value is -2.30. The zero-order valence-corrected chi connectivity index (χ0v) is 13.4.